The highest BCUT2D eigenvalue weighted by Crippen LogP contribution is 2.37. The van der Waals surface area contributed by atoms with Gasteiger partial charge in [0.1, 0.15) is 0 Å². The van der Waals surface area contributed by atoms with Crippen LogP contribution in [-0.2, 0) is 4.74 Å². The fourth-order valence-corrected chi connectivity index (χ4v) is 3.48. The Morgan fingerprint density at radius 2 is 0.909 bits per heavy atom. The van der Waals surface area contributed by atoms with E-state index >= 15 is 0 Å². The first-order chi connectivity index (χ1) is 10.8. The molecule has 22 heavy (non-hydrogen) atoms. The number of hydrogen-bond acceptors (Lipinski definition) is 1. The summed E-state index contributed by atoms with van der Waals surface area (Å²) < 4.78 is 5.71. The van der Waals surface area contributed by atoms with Crippen molar-refractivity contribution in [3.63, 3.8) is 0 Å². The summed E-state index contributed by atoms with van der Waals surface area (Å²) in [5.74, 6) is 0. The lowest BCUT2D eigenvalue weighted by Gasteiger charge is -2.10. The van der Waals surface area contributed by atoms with Crippen LogP contribution in [0.1, 0.15) is 123 Å². The second-order valence-electron chi connectivity index (χ2n) is 7.57. The molecule has 1 aliphatic rings. The average Bonchev–Trinajstić information content (AvgIpc) is 3.30. The van der Waals surface area contributed by atoms with Gasteiger partial charge in [-0.2, -0.15) is 0 Å². The monoisotopic (exact) mass is 310 g/mol. The quantitative estimate of drug-likeness (QED) is 0.201. The van der Waals surface area contributed by atoms with Crippen molar-refractivity contribution in [2.45, 2.75) is 129 Å². The SMILES string of the molecule is CCCCCCCCCCCCCCCC1(CCCC)CO1. The summed E-state index contributed by atoms with van der Waals surface area (Å²) in [5, 5.41) is 0. The Hall–Kier alpha value is -0.0400. The third kappa shape index (κ3) is 10.6. The van der Waals surface area contributed by atoms with Gasteiger partial charge in [-0.05, 0) is 12.8 Å². The van der Waals surface area contributed by atoms with E-state index in [0.29, 0.717) is 5.60 Å². The number of unbranched alkanes of at least 4 members (excludes halogenated alkanes) is 13. The second kappa shape index (κ2) is 13.4. The zero-order valence-electron chi connectivity index (χ0n) is 15.6. The van der Waals surface area contributed by atoms with Gasteiger partial charge in [0.05, 0.1) is 12.2 Å². The first kappa shape index (κ1) is 20.0. The van der Waals surface area contributed by atoms with Gasteiger partial charge >= 0.3 is 0 Å². The number of rotatable bonds is 17. The molecule has 0 aromatic rings. The number of ether oxygens (including phenoxy) is 1. The Labute approximate surface area is 140 Å². The topological polar surface area (TPSA) is 12.5 Å². The van der Waals surface area contributed by atoms with E-state index in [2.05, 4.69) is 13.8 Å². The molecule has 0 aromatic heterocycles. The molecule has 1 nitrogen and oxygen atoms in total. The van der Waals surface area contributed by atoms with Crippen LogP contribution >= 0.6 is 0 Å². The van der Waals surface area contributed by atoms with Crippen LogP contribution in [0.3, 0.4) is 0 Å². The van der Waals surface area contributed by atoms with Crippen molar-refractivity contribution in [3.05, 3.63) is 0 Å². The third-order valence-electron chi connectivity index (χ3n) is 5.27. The van der Waals surface area contributed by atoms with Crippen molar-refractivity contribution in [2.24, 2.45) is 0 Å². The molecule has 0 N–H and O–H groups in total. The smallest absolute Gasteiger partial charge is 0.0916 e. The Morgan fingerprint density at radius 3 is 1.32 bits per heavy atom. The van der Waals surface area contributed by atoms with Gasteiger partial charge in [-0.3, -0.25) is 0 Å². The van der Waals surface area contributed by atoms with E-state index < -0.39 is 0 Å². The minimum absolute atomic E-state index is 0.341. The van der Waals surface area contributed by atoms with Crippen LogP contribution in [0.5, 0.6) is 0 Å². The zero-order valence-corrected chi connectivity index (χ0v) is 15.6. The molecule has 1 saturated heterocycles. The molecule has 0 radical (unpaired) electrons. The van der Waals surface area contributed by atoms with Crippen molar-refractivity contribution >= 4 is 0 Å². The number of hydrogen-bond donors (Lipinski definition) is 0. The molecule has 1 aliphatic heterocycles. The fraction of sp³-hybridized carbons (Fsp3) is 1.00. The van der Waals surface area contributed by atoms with Gasteiger partial charge in [0.15, 0.2) is 0 Å². The normalized spacial score (nSPS) is 20.5. The minimum atomic E-state index is 0.341. The van der Waals surface area contributed by atoms with Gasteiger partial charge < -0.3 is 4.74 Å². The van der Waals surface area contributed by atoms with E-state index in [-0.39, 0.29) is 0 Å². The predicted octanol–water partition coefficient (Wildman–Crippen LogP) is 7.43. The highest BCUT2D eigenvalue weighted by atomic mass is 16.6. The lowest BCUT2D eigenvalue weighted by molar-refractivity contribution is 0.262. The third-order valence-corrected chi connectivity index (χ3v) is 5.27. The van der Waals surface area contributed by atoms with Crippen LogP contribution in [0.2, 0.25) is 0 Å². The first-order valence-corrected chi connectivity index (χ1v) is 10.5. The van der Waals surface area contributed by atoms with Crippen molar-refractivity contribution in [2.75, 3.05) is 6.61 Å². The van der Waals surface area contributed by atoms with Gasteiger partial charge in [0.2, 0.25) is 0 Å². The summed E-state index contributed by atoms with van der Waals surface area (Å²) in [5.41, 5.74) is 0.341. The maximum absolute atomic E-state index is 5.71. The molecule has 0 bridgehead atoms. The van der Waals surface area contributed by atoms with Crippen LogP contribution in [0.15, 0.2) is 0 Å². The predicted molar refractivity (Wildman–Crippen MR) is 98.5 cm³/mol. The minimum Gasteiger partial charge on any atom is -0.370 e. The van der Waals surface area contributed by atoms with Gasteiger partial charge in [0, 0.05) is 0 Å². The Morgan fingerprint density at radius 1 is 0.545 bits per heavy atom. The highest BCUT2D eigenvalue weighted by molar-refractivity contribution is 4.91. The Balaban J connectivity index is 1.73. The largest absolute Gasteiger partial charge is 0.370 e. The maximum atomic E-state index is 5.71. The summed E-state index contributed by atoms with van der Waals surface area (Å²) in [6, 6.07) is 0. The first-order valence-electron chi connectivity index (χ1n) is 10.5. The van der Waals surface area contributed by atoms with E-state index in [0.717, 1.165) is 6.61 Å². The van der Waals surface area contributed by atoms with Crippen LogP contribution < -0.4 is 0 Å². The van der Waals surface area contributed by atoms with E-state index in [4.69, 9.17) is 4.74 Å². The molecule has 1 fully saturated rings. The van der Waals surface area contributed by atoms with Crippen molar-refractivity contribution in [1.82, 2.24) is 0 Å². The molecule has 0 aliphatic carbocycles. The summed E-state index contributed by atoms with van der Waals surface area (Å²) in [7, 11) is 0. The molecule has 0 aromatic carbocycles. The van der Waals surface area contributed by atoms with Crippen LogP contribution in [0, 0.1) is 0 Å². The summed E-state index contributed by atoms with van der Waals surface area (Å²) in [6.45, 7) is 5.62. The Kier molecular flexibility index (Phi) is 12.2. The van der Waals surface area contributed by atoms with Crippen molar-refractivity contribution in [1.29, 1.82) is 0 Å². The van der Waals surface area contributed by atoms with Crippen LogP contribution in [0.25, 0.3) is 0 Å². The van der Waals surface area contributed by atoms with E-state index in [1.54, 1.807) is 0 Å². The lowest BCUT2D eigenvalue weighted by Crippen LogP contribution is -2.10. The molecule has 1 rings (SSSR count). The summed E-state index contributed by atoms with van der Waals surface area (Å²) in [4.78, 5) is 0. The molecule has 1 unspecified atom stereocenters. The standard InChI is InChI=1S/C21H42O/c1-3-5-7-8-9-10-11-12-13-14-15-16-17-19-21(20-22-21)18-6-4-2/h3-20H2,1-2H3. The molecule has 132 valence electrons. The van der Waals surface area contributed by atoms with Gasteiger partial charge in [-0.15, -0.1) is 0 Å². The van der Waals surface area contributed by atoms with Crippen LogP contribution in [-0.4, -0.2) is 12.2 Å². The average molecular weight is 311 g/mol. The zero-order chi connectivity index (χ0) is 15.9. The second-order valence-corrected chi connectivity index (χ2v) is 7.57. The molecule has 1 atom stereocenters. The number of epoxide rings is 1. The van der Waals surface area contributed by atoms with Crippen molar-refractivity contribution in [3.8, 4) is 0 Å². The summed E-state index contributed by atoms with van der Waals surface area (Å²) in [6.07, 6.45) is 24.1. The molecular formula is C21H42O. The van der Waals surface area contributed by atoms with Gasteiger partial charge in [-0.25, -0.2) is 0 Å². The highest BCUT2D eigenvalue weighted by Gasteiger charge is 2.42. The molecule has 1 heteroatoms. The van der Waals surface area contributed by atoms with E-state index in [9.17, 15) is 0 Å². The lowest BCUT2D eigenvalue weighted by atomic mass is 9.95. The van der Waals surface area contributed by atoms with Gasteiger partial charge in [0.25, 0.3) is 0 Å². The summed E-state index contributed by atoms with van der Waals surface area (Å²) >= 11 is 0. The maximum Gasteiger partial charge on any atom is 0.0916 e. The Bertz CT molecular complexity index is 232. The molecule has 1 heterocycles. The molecule has 0 amide bonds. The molecular weight excluding hydrogens is 268 g/mol. The van der Waals surface area contributed by atoms with E-state index in [1.807, 2.05) is 0 Å². The van der Waals surface area contributed by atoms with Crippen molar-refractivity contribution < 1.29 is 4.74 Å². The fourth-order valence-electron chi connectivity index (χ4n) is 3.48. The molecule has 0 saturated carbocycles. The van der Waals surface area contributed by atoms with Crippen LogP contribution in [0.4, 0.5) is 0 Å². The van der Waals surface area contributed by atoms with E-state index in [1.165, 1.54) is 109 Å². The van der Waals surface area contributed by atoms with Gasteiger partial charge in [-0.1, -0.05) is 110 Å². The molecule has 0 spiro atoms.